The quantitative estimate of drug-likeness (QED) is 0.480. The van der Waals surface area contributed by atoms with Crippen LogP contribution in [0.4, 0.5) is 22.0 Å². The predicted octanol–water partition coefficient (Wildman–Crippen LogP) is 3.61. The molecule has 15 heteroatoms. The van der Waals surface area contributed by atoms with Crippen molar-refractivity contribution in [3.05, 3.63) is 48.3 Å². The standard InChI is InChI=1S/C20H13F5N6O3S/c1-10(20(23,24)25)30-35(32,33)12-5-6-15(27-8-12)16-13(7-26)14-9-28-19(34-18(21)22)29-17(14)31(16)11-3-2-4-11/h2-6,8-10,18,30H,1H3/t10-/m0/s1. The topological polar surface area (TPSA) is 123 Å². The highest BCUT2D eigenvalue weighted by atomic mass is 32.2. The predicted molar refractivity (Wildman–Crippen MR) is 111 cm³/mol. The second-order valence-corrected chi connectivity index (χ2v) is 8.87. The molecule has 3 aromatic rings. The molecule has 3 aromatic heterocycles. The first-order chi connectivity index (χ1) is 16.4. The van der Waals surface area contributed by atoms with Crippen molar-refractivity contribution >= 4 is 26.8 Å². The van der Waals surface area contributed by atoms with Crippen LogP contribution in [0, 0.1) is 11.3 Å². The number of alkyl halides is 5. The number of pyridine rings is 1. The Bertz CT molecular complexity index is 1510. The Hall–Kier alpha value is -3.90. The van der Waals surface area contributed by atoms with Gasteiger partial charge in [-0.3, -0.25) is 9.55 Å². The summed E-state index contributed by atoms with van der Waals surface area (Å²) in [6, 6.07) is 1.23. The fourth-order valence-electron chi connectivity index (χ4n) is 3.17. The lowest BCUT2D eigenvalue weighted by atomic mass is 10.1. The third kappa shape index (κ3) is 4.57. The molecule has 4 rings (SSSR count). The molecular weight excluding hydrogens is 499 g/mol. The zero-order valence-electron chi connectivity index (χ0n) is 17.5. The van der Waals surface area contributed by atoms with Crippen molar-refractivity contribution in [2.45, 2.75) is 30.6 Å². The first-order valence-corrected chi connectivity index (χ1v) is 11.1. The van der Waals surface area contributed by atoms with Crippen LogP contribution in [0.25, 0.3) is 28.1 Å². The summed E-state index contributed by atoms with van der Waals surface area (Å²) in [7, 11) is -4.56. The minimum Gasteiger partial charge on any atom is -0.401 e. The Morgan fingerprint density at radius 1 is 1.20 bits per heavy atom. The second kappa shape index (κ2) is 8.71. The van der Waals surface area contributed by atoms with Crippen LogP contribution >= 0.6 is 0 Å². The van der Waals surface area contributed by atoms with E-state index in [9.17, 15) is 35.6 Å². The van der Waals surface area contributed by atoms with Gasteiger partial charge >= 0.3 is 18.8 Å². The van der Waals surface area contributed by atoms with Gasteiger partial charge in [0.1, 0.15) is 17.0 Å². The van der Waals surface area contributed by atoms with Crippen LogP contribution in [0.3, 0.4) is 0 Å². The van der Waals surface area contributed by atoms with Gasteiger partial charge < -0.3 is 4.74 Å². The average molecular weight is 512 g/mol. The highest BCUT2D eigenvalue weighted by Gasteiger charge is 2.39. The molecule has 0 bridgehead atoms. The first kappa shape index (κ1) is 24.2. The molecule has 0 spiro atoms. The highest BCUT2D eigenvalue weighted by molar-refractivity contribution is 7.89. The maximum Gasteiger partial charge on any atom is 0.404 e. The zero-order valence-corrected chi connectivity index (χ0v) is 18.3. The number of ether oxygens (including phenoxy) is 1. The van der Waals surface area contributed by atoms with Crippen LogP contribution in [0.15, 0.2) is 47.6 Å². The smallest absolute Gasteiger partial charge is 0.401 e. The van der Waals surface area contributed by atoms with E-state index in [1.165, 1.54) is 15.4 Å². The molecule has 0 amide bonds. The van der Waals surface area contributed by atoms with Gasteiger partial charge in [-0.25, -0.2) is 13.4 Å². The summed E-state index contributed by atoms with van der Waals surface area (Å²) in [4.78, 5) is 11.2. The number of sulfonamides is 1. The summed E-state index contributed by atoms with van der Waals surface area (Å²) in [6.45, 7) is -2.53. The van der Waals surface area contributed by atoms with Crippen molar-refractivity contribution in [3.8, 4) is 23.5 Å². The number of hydrogen-bond donors (Lipinski definition) is 1. The van der Waals surface area contributed by atoms with Gasteiger partial charge in [-0.2, -0.15) is 36.9 Å². The number of hydrogen-bond acceptors (Lipinski definition) is 7. The van der Waals surface area contributed by atoms with Crippen LogP contribution in [-0.4, -0.2) is 46.8 Å². The van der Waals surface area contributed by atoms with E-state index >= 15 is 0 Å². The number of nitrogens with one attached hydrogen (secondary N) is 1. The van der Waals surface area contributed by atoms with Crippen molar-refractivity contribution in [2.75, 3.05) is 0 Å². The Kier molecular flexibility index (Phi) is 6.03. The van der Waals surface area contributed by atoms with E-state index in [1.54, 1.807) is 18.2 Å². The van der Waals surface area contributed by atoms with E-state index in [0.717, 1.165) is 18.5 Å². The molecule has 182 valence electrons. The second-order valence-electron chi connectivity index (χ2n) is 7.15. The van der Waals surface area contributed by atoms with Gasteiger partial charge in [0.15, 0.2) is 5.65 Å². The molecule has 0 radical (unpaired) electrons. The SMILES string of the molecule is C[C@H](NS(=O)(=O)c1ccc(-c2c(C#N)c3cnc(OC(F)F)nc3n2C2=CC=C2)nc1)C(F)(F)F. The summed E-state index contributed by atoms with van der Waals surface area (Å²) >= 11 is 0. The number of halogens is 5. The fraction of sp³-hybridized carbons (Fsp3) is 0.200. The van der Waals surface area contributed by atoms with Gasteiger partial charge in [0.05, 0.1) is 22.3 Å². The molecule has 9 nitrogen and oxygen atoms in total. The zero-order chi connectivity index (χ0) is 25.5. The third-order valence-corrected chi connectivity index (χ3v) is 6.42. The minimum absolute atomic E-state index is 0.0109. The number of nitriles is 1. The van der Waals surface area contributed by atoms with Crippen LogP contribution in [-0.2, 0) is 10.0 Å². The molecule has 0 unspecified atom stereocenters. The third-order valence-electron chi connectivity index (χ3n) is 4.90. The number of fused-ring (bicyclic) bond motifs is 1. The van der Waals surface area contributed by atoms with Gasteiger partial charge in [0, 0.05) is 18.1 Å². The Balaban J connectivity index is 1.82. The van der Waals surface area contributed by atoms with Gasteiger partial charge in [-0.05, 0) is 31.2 Å². The summed E-state index contributed by atoms with van der Waals surface area (Å²) in [5.41, 5.74) is 0.781. The van der Waals surface area contributed by atoms with Gasteiger partial charge in [0.25, 0.3) is 0 Å². The van der Waals surface area contributed by atoms with E-state index in [4.69, 9.17) is 0 Å². The lowest BCUT2D eigenvalue weighted by Gasteiger charge is -2.17. The molecule has 0 saturated heterocycles. The van der Waals surface area contributed by atoms with Crippen LogP contribution in [0.1, 0.15) is 12.5 Å². The summed E-state index contributed by atoms with van der Waals surface area (Å²) in [5, 5.41) is 9.97. The minimum atomic E-state index is -4.79. The van der Waals surface area contributed by atoms with Crippen molar-refractivity contribution in [3.63, 3.8) is 0 Å². The first-order valence-electron chi connectivity index (χ1n) is 9.63. The number of aromatic nitrogens is 4. The molecule has 1 aliphatic carbocycles. The normalized spacial score (nSPS) is 14.5. The van der Waals surface area contributed by atoms with Crippen LogP contribution < -0.4 is 9.46 Å². The monoisotopic (exact) mass is 512 g/mol. The van der Waals surface area contributed by atoms with Crippen LogP contribution in [0.2, 0.25) is 0 Å². The number of allylic oxidation sites excluding steroid dienone is 4. The molecule has 3 heterocycles. The van der Waals surface area contributed by atoms with E-state index in [2.05, 4.69) is 19.7 Å². The summed E-state index contributed by atoms with van der Waals surface area (Å²) in [5.74, 6) is 0. The Labute approximate surface area is 194 Å². The number of nitrogens with zero attached hydrogens (tertiary/aromatic N) is 5. The molecule has 35 heavy (non-hydrogen) atoms. The maximum absolute atomic E-state index is 12.8. The lowest BCUT2D eigenvalue weighted by Crippen LogP contribution is -2.42. The number of rotatable bonds is 7. The van der Waals surface area contributed by atoms with E-state index in [1.807, 2.05) is 6.07 Å². The molecule has 1 N–H and O–H groups in total. The molecule has 0 aliphatic heterocycles. The van der Waals surface area contributed by atoms with E-state index in [0.29, 0.717) is 12.6 Å². The molecule has 1 atom stereocenters. The van der Waals surface area contributed by atoms with Crippen molar-refractivity contribution in [1.82, 2.24) is 24.2 Å². The van der Waals surface area contributed by atoms with Gasteiger partial charge in [-0.15, -0.1) is 0 Å². The molecular formula is C20H13F5N6O3S. The van der Waals surface area contributed by atoms with Crippen molar-refractivity contribution in [1.29, 1.82) is 5.26 Å². The summed E-state index contributed by atoms with van der Waals surface area (Å²) < 4.78 is 95.5. The van der Waals surface area contributed by atoms with E-state index in [-0.39, 0.29) is 28.0 Å². The lowest BCUT2D eigenvalue weighted by molar-refractivity contribution is -0.147. The van der Waals surface area contributed by atoms with Gasteiger partial charge in [0.2, 0.25) is 10.0 Å². The molecule has 0 saturated carbocycles. The molecule has 1 aliphatic rings. The molecule has 0 fully saturated rings. The van der Waals surface area contributed by atoms with Crippen molar-refractivity contribution < 1.29 is 35.1 Å². The van der Waals surface area contributed by atoms with Gasteiger partial charge in [-0.1, -0.05) is 6.08 Å². The average Bonchev–Trinajstić information content (AvgIpc) is 3.04. The molecule has 0 aromatic carbocycles. The largest absolute Gasteiger partial charge is 0.404 e. The maximum atomic E-state index is 12.8. The Morgan fingerprint density at radius 2 is 1.91 bits per heavy atom. The van der Waals surface area contributed by atoms with Crippen LogP contribution in [0.5, 0.6) is 6.01 Å². The fourth-order valence-corrected chi connectivity index (χ4v) is 4.35. The van der Waals surface area contributed by atoms with E-state index < -0.39 is 39.8 Å². The highest BCUT2D eigenvalue weighted by Crippen LogP contribution is 2.36. The van der Waals surface area contributed by atoms with Crippen molar-refractivity contribution in [2.24, 2.45) is 0 Å². The Morgan fingerprint density at radius 3 is 2.43 bits per heavy atom. The summed E-state index contributed by atoms with van der Waals surface area (Å²) in [6.07, 6.45) is 2.13.